The number of hydrogen-bond acceptors (Lipinski definition) is 3. The topological polar surface area (TPSA) is 59.8 Å². The molecule has 2 aromatic heterocycles. The molecule has 1 aliphatic carbocycles. The van der Waals surface area contributed by atoms with Crippen LogP contribution in [-0.2, 0) is 0 Å². The first-order valence-electron chi connectivity index (χ1n) is 7.21. The van der Waals surface area contributed by atoms with Gasteiger partial charge in [-0.1, -0.05) is 0 Å². The molecule has 1 aliphatic rings. The fourth-order valence-electron chi connectivity index (χ4n) is 2.42. The van der Waals surface area contributed by atoms with E-state index in [0.717, 1.165) is 5.56 Å². The van der Waals surface area contributed by atoms with Gasteiger partial charge in [0.2, 0.25) is 0 Å². The van der Waals surface area contributed by atoms with Crippen molar-refractivity contribution in [2.45, 2.75) is 25.4 Å². The van der Waals surface area contributed by atoms with Gasteiger partial charge in [-0.25, -0.2) is 9.78 Å². The minimum atomic E-state index is -4.19. The number of carbonyl (C=O) groups excluding carboxylic acids is 1. The van der Waals surface area contributed by atoms with Crippen LogP contribution >= 0.6 is 0 Å². The molecule has 0 aliphatic heterocycles. The Kier molecular flexibility index (Phi) is 3.83. The van der Waals surface area contributed by atoms with Crippen LogP contribution in [0.2, 0.25) is 0 Å². The summed E-state index contributed by atoms with van der Waals surface area (Å²) in [6.45, 7) is -0.0151. The summed E-state index contributed by atoms with van der Waals surface area (Å²) in [4.78, 5) is 20.0. The van der Waals surface area contributed by atoms with Gasteiger partial charge in [0.25, 0.3) is 0 Å². The van der Waals surface area contributed by atoms with Crippen LogP contribution in [0.25, 0.3) is 11.3 Å². The van der Waals surface area contributed by atoms with Gasteiger partial charge in [0, 0.05) is 30.7 Å². The second-order valence-electron chi connectivity index (χ2n) is 5.67. The molecule has 1 N–H and O–H groups in total. The quantitative estimate of drug-likeness (QED) is 0.939. The third-order valence-corrected chi connectivity index (χ3v) is 4.11. The molecule has 122 valence electrons. The molecule has 0 spiro atoms. The molecule has 5 nitrogen and oxygen atoms in total. The van der Waals surface area contributed by atoms with E-state index in [1.807, 2.05) is 0 Å². The van der Waals surface area contributed by atoms with E-state index in [2.05, 4.69) is 15.3 Å². The Labute approximate surface area is 130 Å². The summed E-state index contributed by atoms with van der Waals surface area (Å²) in [5.74, 6) is 0. The lowest BCUT2D eigenvalue weighted by molar-refractivity contribution is -0.188. The first kappa shape index (κ1) is 15.5. The number of amides is 1. The number of hydrogen-bond donors (Lipinski definition) is 1. The third kappa shape index (κ3) is 3.20. The molecule has 0 saturated heterocycles. The van der Waals surface area contributed by atoms with Crippen molar-refractivity contribution in [2.75, 3.05) is 6.54 Å². The van der Waals surface area contributed by atoms with Gasteiger partial charge in [-0.15, -0.1) is 0 Å². The molecular weight excluding hydrogens is 309 g/mol. The molecule has 1 amide bonds. The van der Waals surface area contributed by atoms with Gasteiger partial charge in [0.15, 0.2) is 0 Å². The number of carbonyl (C=O) groups is 1. The zero-order valence-corrected chi connectivity index (χ0v) is 12.2. The summed E-state index contributed by atoms with van der Waals surface area (Å²) in [6.07, 6.45) is 2.08. The summed E-state index contributed by atoms with van der Waals surface area (Å²) in [5, 5.41) is 2.50. The Bertz CT molecular complexity index is 692. The molecule has 2 heterocycles. The van der Waals surface area contributed by atoms with Crippen LogP contribution in [0.5, 0.6) is 0 Å². The van der Waals surface area contributed by atoms with Crippen molar-refractivity contribution in [3.63, 3.8) is 0 Å². The van der Waals surface area contributed by atoms with E-state index in [4.69, 9.17) is 0 Å². The normalized spacial score (nSPS) is 16.1. The van der Waals surface area contributed by atoms with E-state index in [1.54, 1.807) is 24.5 Å². The van der Waals surface area contributed by atoms with Crippen LogP contribution in [0.3, 0.4) is 0 Å². The van der Waals surface area contributed by atoms with Crippen LogP contribution in [0.15, 0.2) is 37.1 Å². The largest absolute Gasteiger partial charge is 0.394 e. The fraction of sp³-hybridized carbons (Fsp3) is 0.400. The van der Waals surface area contributed by atoms with Gasteiger partial charge in [-0.2, -0.15) is 13.2 Å². The first-order chi connectivity index (χ1) is 10.9. The maximum Gasteiger partial charge on any atom is 0.394 e. The lowest BCUT2D eigenvalue weighted by atomic mass is 10.0. The molecule has 1 fully saturated rings. The number of nitrogens with one attached hydrogen (secondary N) is 1. The Hall–Kier alpha value is -2.38. The predicted octanol–water partition coefficient (Wildman–Crippen LogP) is 3.24. The van der Waals surface area contributed by atoms with Crippen LogP contribution in [-0.4, -0.2) is 33.3 Å². The summed E-state index contributed by atoms with van der Waals surface area (Å²) >= 11 is 0. The average molecular weight is 324 g/mol. The minimum absolute atomic E-state index is 0.0151. The smallest absolute Gasteiger partial charge is 0.337 e. The van der Waals surface area contributed by atoms with Crippen LogP contribution in [0.1, 0.15) is 19.3 Å². The lowest BCUT2D eigenvalue weighted by Crippen LogP contribution is -2.33. The van der Waals surface area contributed by atoms with Gasteiger partial charge in [-0.3, -0.25) is 9.55 Å². The highest BCUT2D eigenvalue weighted by Gasteiger charge is 2.62. The fourth-order valence-corrected chi connectivity index (χ4v) is 2.42. The van der Waals surface area contributed by atoms with E-state index in [1.165, 1.54) is 17.1 Å². The van der Waals surface area contributed by atoms with Gasteiger partial charge in [-0.05, 0) is 31.4 Å². The number of nitrogens with zero attached hydrogens (tertiary/aromatic N) is 3. The Morgan fingerprint density at radius 1 is 1.39 bits per heavy atom. The second kappa shape index (κ2) is 5.68. The molecule has 8 heteroatoms. The Balaban J connectivity index is 1.57. The highest BCUT2D eigenvalue weighted by atomic mass is 19.4. The predicted molar refractivity (Wildman–Crippen MR) is 76.6 cm³/mol. The molecule has 0 bridgehead atoms. The number of halogens is 3. The number of aromatic nitrogens is 3. The lowest BCUT2D eigenvalue weighted by Gasteiger charge is -2.18. The van der Waals surface area contributed by atoms with Crippen LogP contribution < -0.4 is 5.32 Å². The Morgan fingerprint density at radius 3 is 2.78 bits per heavy atom. The van der Waals surface area contributed by atoms with Crippen molar-refractivity contribution in [3.05, 3.63) is 37.1 Å². The van der Waals surface area contributed by atoms with Gasteiger partial charge >= 0.3 is 12.2 Å². The van der Waals surface area contributed by atoms with Gasteiger partial charge in [0.1, 0.15) is 6.33 Å². The van der Waals surface area contributed by atoms with Crippen LogP contribution in [0.4, 0.5) is 18.0 Å². The summed E-state index contributed by atoms with van der Waals surface area (Å²) in [5.41, 5.74) is -0.272. The molecule has 0 unspecified atom stereocenters. The molecule has 2 aromatic rings. The average Bonchev–Trinajstić information content (AvgIpc) is 3.16. The van der Waals surface area contributed by atoms with E-state index < -0.39 is 17.6 Å². The second-order valence-corrected chi connectivity index (χ2v) is 5.67. The minimum Gasteiger partial charge on any atom is -0.337 e. The van der Waals surface area contributed by atoms with E-state index in [9.17, 15) is 18.0 Å². The summed E-state index contributed by atoms with van der Waals surface area (Å²) in [7, 11) is 0. The van der Waals surface area contributed by atoms with Crippen molar-refractivity contribution in [2.24, 2.45) is 5.41 Å². The zero-order chi connectivity index (χ0) is 16.5. The number of alkyl halides is 3. The highest BCUT2D eigenvalue weighted by Crippen LogP contribution is 2.59. The van der Waals surface area contributed by atoms with E-state index in [-0.39, 0.29) is 25.8 Å². The molecule has 23 heavy (non-hydrogen) atoms. The van der Waals surface area contributed by atoms with E-state index >= 15 is 0 Å². The first-order valence-corrected chi connectivity index (χ1v) is 7.21. The van der Waals surface area contributed by atoms with Crippen molar-refractivity contribution >= 4 is 6.03 Å². The number of pyridine rings is 1. The molecule has 1 saturated carbocycles. The summed E-state index contributed by atoms with van der Waals surface area (Å²) in [6, 6.07) is 3.06. The van der Waals surface area contributed by atoms with Crippen molar-refractivity contribution < 1.29 is 18.0 Å². The molecule has 0 aromatic carbocycles. The maximum absolute atomic E-state index is 12.8. The Morgan fingerprint density at radius 2 is 2.17 bits per heavy atom. The van der Waals surface area contributed by atoms with Crippen molar-refractivity contribution in [1.82, 2.24) is 19.9 Å². The maximum atomic E-state index is 12.8. The third-order valence-electron chi connectivity index (χ3n) is 4.11. The van der Waals surface area contributed by atoms with E-state index in [0.29, 0.717) is 5.69 Å². The monoisotopic (exact) mass is 324 g/mol. The van der Waals surface area contributed by atoms with Crippen LogP contribution in [0, 0.1) is 5.41 Å². The highest BCUT2D eigenvalue weighted by molar-refractivity contribution is 5.77. The van der Waals surface area contributed by atoms with Gasteiger partial charge in [0.05, 0.1) is 11.1 Å². The molecule has 0 atom stereocenters. The molecular formula is C15H15F3N4O. The molecule has 0 radical (unpaired) electrons. The van der Waals surface area contributed by atoms with Crippen molar-refractivity contribution in [3.8, 4) is 11.3 Å². The zero-order valence-electron chi connectivity index (χ0n) is 12.2. The number of imidazole rings is 1. The summed E-state index contributed by atoms with van der Waals surface area (Å²) < 4.78 is 39.6. The standard InChI is InChI=1S/C15H15F3N4O/c16-15(17,18)14(3-4-14)5-7-20-13(23)22-9-12(21-10-22)11-2-1-6-19-8-11/h1-2,6,8-10H,3-5,7H2,(H,20,23). The van der Waals surface area contributed by atoms with Gasteiger partial charge < -0.3 is 5.32 Å². The van der Waals surface area contributed by atoms with Crippen molar-refractivity contribution in [1.29, 1.82) is 0 Å². The molecule has 3 rings (SSSR count). The SMILES string of the molecule is O=C(NCCC1(C(F)(F)F)CC1)n1cnc(-c2cccnc2)c1. The number of rotatable bonds is 4.